The zero-order valence-electron chi connectivity index (χ0n) is 17.3. The van der Waals surface area contributed by atoms with Crippen molar-refractivity contribution < 1.29 is 14.4 Å². The second-order valence-electron chi connectivity index (χ2n) is 8.00. The number of imide groups is 1. The fourth-order valence-corrected chi connectivity index (χ4v) is 4.28. The highest BCUT2D eigenvalue weighted by molar-refractivity contribution is 6.52. The Kier molecular flexibility index (Phi) is 5.11. The Morgan fingerprint density at radius 1 is 0.906 bits per heavy atom. The van der Waals surface area contributed by atoms with E-state index in [1.54, 1.807) is 48.5 Å². The van der Waals surface area contributed by atoms with Crippen LogP contribution in [-0.4, -0.2) is 23.4 Å². The first-order valence-electron chi connectivity index (χ1n) is 10.6. The lowest BCUT2D eigenvalue weighted by atomic mass is 9.95. The van der Waals surface area contributed by atoms with Gasteiger partial charge in [-0.1, -0.05) is 36.4 Å². The monoisotopic (exact) mass is 423 g/mol. The molecular formula is C26H21N3O3. The molecule has 3 aromatic carbocycles. The molecule has 6 heteroatoms. The summed E-state index contributed by atoms with van der Waals surface area (Å²) in [7, 11) is 0. The molecule has 1 unspecified atom stereocenters. The third-order valence-corrected chi connectivity index (χ3v) is 5.85. The molecule has 1 aliphatic heterocycles. The van der Waals surface area contributed by atoms with Crippen molar-refractivity contribution >= 4 is 34.8 Å². The van der Waals surface area contributed by atoms with Gasteiger partial charge in [0.25, 0.3) is 11.8 Å². The van der Waals surface area contributed by atoms with Crippen molar-refractivity contribution in [1.82, 2.24) is 5.32 Å². The van der Waals surface area contributed by atoms with E-state index in [2.05, 4.69) is 15.6 Å². The lowest BCUT2D eigenvalue weighted by molar-refractivity contribution is -0.124. The van der Waals surface area contributed by atoms with Crippen LogP contribution in [-0.2, 0) is 22.4 Å². The van der Waals surface area contributed by atoms with Gasteiger partial charge in [0.05, 0.1) is 5.69 Å². The minimum Gasteiger partial charge on any atom is -0.322 e. The fraction of sp³-hybridized carbons (Fsp3) is 0.154. The van der Waals surface area contributed by atoms with E-state index < -0.39 is 17.7 Å². The molecule has 1 atom stereocenters. The van der Waals surface area contributed by atoms with Crippen molar-refractivity contribution in [3.8, 4) is 0 Å². The van der Waals surface area contributed by atoms with Crippen LogP contribution >= 0.6 is 0 Å². The summed E-state index contributed by atoms with van der Waals surface area (Å²) in [5.41, 5.74) is 5.08. The highest BCUT2D eigenvalue weighted by Gasteiger charge is 2.39. The summed E-state index contributed by atoms with van der Waals surface area (Å²) in [6.07, 6.45) is 3.19. The Morgan fingerprint density at radius 3 is 2.56 bits per heavy atom. The molecule has 1 saturated heterocycles. The third kappa shape index (κ3) is 3.83. The standard InChI is InChI=1S/C26H21N3O3/c30-24(17-6-2-1-3-7-17)28-20-11-5-10-19(15-20)22-23(26(32)29-25(22)31)27-21-13-12-16-8-4-9-18(16)14-21/h1-3,5-7,10-15,22H,4,8-9H2,(H,28,30)(H,29,31,32). The predicted octanol–water partition coefficient (Wildman–Crippen LogP) is 3.94. The number of anilines is 1. The van der Waals surface area contributed by atoms with Gasteiger partial charge in [-0.2, -0.15) is 0 Å². The molecule has 0 radical (unpaired) electrons. The minimum absolute atomic E-state index is 0.166. The Bertz CT molecular complexity index is 1260. The van der Waals surface area contributed by atoms with Crippen LogP contribution in [0.15, 0.2) is 77.8 Å². The Labute approximate surface area is 185 Å². The van der Waals surface area contributed by atoms with E-state index in [4.69, 9.17) is 0 Å². The average Bonchev–Trinajstić information content (AvgIpc) is 3.38. The van der Waals surface area contributed by atoms with Gasteiger partial charge in [-0.3, -0.25) is 19.7 Å². The smallest absolute Gasteiger partial charge is 0.273 e. The first kappa shape index (κ1) is 19.9. The number of carbonyl (C=O) groups is 3. The van der Waals surface area contributed by atoms with E-state index >= 15 is 0 Å². The molecule has 2 aliphatic rings. The molecule has 1 heterocycles. The molecule has 158 valence electrons. The molecule has 3 aromatic rings. The normalized spacial score (nSPS) is 18.5. The minimum atomic E-state index is -0.829. The van der Waals surface area contributed by atoms with Crippen molar-refractivity contribution in [2.75, 3.05) is 5.32 Å². The molecule has 0 saturated carbocycles. The van der Waals surface area contributed by atoms with Crippen LogP contribution in [0.25, 0.3) is 0 Å². The maximum absolute atomic E-state index is 12.6. The summed E-state index contributed by atoms with van der Waals surface area (Å²) in [6.45, 7) is 0. The number of nitrogens with zero attached hydrogens (tertiary/aromatic N) is 1. The largest absolute Gasteiger partial charge is 0.322 e. The van der Waals surface area contributed by atoms with Crippen LogP contribution in [0.4, 0.5) is 11.4 Å². The van der Waals surface area contributed by atoms with Gasteiger partial charge in [0.15, 0.2) is 0 Å². The van der Waals surface area contributed by atoms with Crippen LogP contribution in [0.2, 0.25) is 0 Å². The maximum atomic E-state index is 12.6. The van der Waals surface area contributed by atoms with Crippen LogP contribution in [0.5, 0.6) is 0 Å². The quantitative estimate of drug-likeness (QED) is 0.623. The summed E-state index contributed by atoms with van der Waals surface area (Å²) in [5, 5.41) is 5.22. The molecular weight excluding hydrogens is 402 g/mol. The maximum Gasteiger partial charge on any atom is 0.273 e. The lowest BCUT2D eigenvalue weighted by Gasteiger charge is -2.11. The highest BCUT2D eigenvalue weighted by atomic mass is 16.2. The zero-order chi connectivity index (χ0) is 22.1. The molecule has 1 aliphatic carbocycles. The second kappa shape index (κ2) is 8.23. The van der Waals surface area contributed by atoms with Crippen molar-refractivity contribution in [2.45, 2.75) is 25.2 Å². The Balaban J connectivity index is 1.45. The predicted molar refractivity (Wildman–Crippen MR) is 122 cm³/mol. The number of aliphatic imine (C=N–C) groups is 1. The van der Waals surface area contributed by atoms with Gasteiger partial charge in [-0.05, 0) is 72.4 Å². The fourth-order valence-electron chi connectivity index (χ4n) is 4.28. The first-order chi connectivity index (χ1) is 15.6. The summed E-state index contributed by atoms with van der Waals surface area (Å²) < 4.78 is 0. The molecule has 2 N–H and O–H groups in total. The zero-order valence-corrected chi connectivity index (χ0v) is 17.3. The number of hydrogen-bond acceptors (Lipinski definition) is 4. The van der Waals surface area contributed by atoms with Crippen LogP contribution < -0.4 is 10.6 Å². The molecule has 5 rings (SSSR count). The van der Waals surface area contributed by atoms with E-state index in [0.717, 1.165) is 19.3 Å². The van der Waals surface area contributed by atoms with Gasteiger partial charge in [-0.25, -0.2) is 4.99 Å². The summed E-state index contributed by atoms with van der Waals surface area (Å²) in [5.74, 6) is -1.98. The molecule has 0 spiro atoms. The molecule has 1 fully saturated rings. The number of benzene rings is 3. The van der Waals surface area contributed by atoms with Crippen molar-refractivity contribution in [1.29, 1.82) is 0 Å². The third-order valence-electron chi connectivity index (χ3n) is 5.85. The highest BCUT2D eigenvalue weighted by Crippen LogP contribution is 2.30. The molecule has 0 bridgehead atoms. The van der Waals surface area contributed by atoms with E-state index in [0.29, 0.717) is 22.5 Å². The van der Waals surface area contributed by atoms with Gasteiger partial charge < -0.3 is 5.32 Å². The number of nitrogens with one attached hydrogen (secondary N) is 2. The van der Waals surface area contributed by atoms with Gasteiger partial charge in [0, 0.05) is 11.3 Å². The first-order valence-corrected chi connectivity index (χ1v) is 10.6. The van der Waals surface area contributed by atoms with Gasteiger partial charge >= 0.3 is 0 Å². The van der Waals surface area contributed by atoms with Crippen molar-refractivity contribution in [3.63, 3.8) is 0 Å². The average molecular weight is 423 g/mol. The SMILES string of the molecule is O=C1NC(=O)C(c2cccc(NC(=O)c3ccccc3)c2)C1=Nc1ccc2c(c1)CCC2. The number of aryl methyl sites for hydroxylation is 2. The van der Waals surface area contributed by atoms with E-state index in [1.807, 2.05) is 24.3 Å². The van der Waals surface area contributed by atoms with Crippen molar-refractivity contribution in [2.24, 2.45) is 4.99 Å². The number of carbonyl (C=O) groups excluding carboxylic acids is 3. The molecule has 6 nitrogen and oxygen atoms in total. The van der Waals surface area contributed by atoms with Gasteiger partial charge in [-0.15, -0.1) is 0 Å². The lowest BCUT2D eigenvalue weighted by Crippen LogP contribution is -2.22. The summed E-state index contributed by atoms with van der Waals surface area (Å²) in [6, 6.07) is 21.8. The Hall–Kier alpha value is -4.06. The van der Waals surface area contributed by atoms with Crippen LogP contribution in [0.3, 0.4) is 0 Å². The molecule has 3 amide bonds. The van der Waals surface area contributed by atoms with Gasteiger partial charge in [0.1, 0.15) is 11.6 Å². The molecule has 32 heavy (non-hydrogen) atoms. The summed E-state index contributed by atoms with van der Waals surface area (Å²) in [4.78, 5) is 42.2. The number of rotatable bonds is 4. The second-order valence-corrected chi connectivity index (χ2v) is 8.00. The van der Waals surface area contributed by atoms with Crippen LogP contribution in [0.1, 0.15) is 39.4 Å². The number of fused-ring (bicyclic) bond motifs is 1. The summed E-state index contributed by atoms with van der Waals surface area (Å²) >= 11 is 0. The molecule has 0 aromatic heterocycles. The topological polar surface area (TPSA) is 87.6 Å². The van der Waals surface area contributed by atoms with E-state index in [-0.39, 0.29) is 11.6 Å². The van der Waals surface area contributed by atoms with E-state index in [9.17, 15) is 14.4 Å². The van der Waals surface area contributed by atoms with Crippen LogP contribution in [0, 0.1) is 0 Å². The van der Waals surface area contributed by atoms with E-state index in [1.165, 1.54) is 11.1 Å². The Morgan fingerprint density at radius 2 is 1.72 bits per heavy atom. The van der Waals surface area contributed by atoms with Crippen molar-refractivity contribution in [3.05, 3.63) is 95.1 Å². The van der Waals surface area contributed by atoms with Gasteiger partial charge in [0.2, 0.25) is 5.91 Å². The number of hydrogen-bond donors (Lipinski definition) is 2. The number of amides is 3.